The molecule has 2 aliphatic heterocycles. The summed E-state index contributed by atoms with van der Waals surface area (Å²) in [5.74, 6) is 0.740. The average molecular weight is 769 g/mol. The van der Waals surface area contributed by atoms with Crippen LogP contribution in [0.25, 0.3) is 16.6 Å². The number of aromatic nitrogens is 2. The largest absolute Gasteiger partial charge is 0.455 e. The Hall–Kier alpha value is -4.79. The number of anilines is 1. The molecule has 290 valence electrons. The maximum Gasteiger partial charge on any atom is 0.293 e. The third-order valence-corrected chi connectivity index (χ3v) is 13.3. The Morgan fingerprint density at radius 2 is 1.85 bits per heavy atom. The van der Waals surface area contributed by atoms with Crippen molar-refractivity contribution in [2.75, 3.05) is 31.6 Å². The van der Waals surface area contributed by atoms with E-state index >= 15 is 0 Å². The number of carbonyl (C=O) groups excluding carboxylic acids is 1. The topological polar surface area (TPSA) is 169 Å². The zero-order chi connectivity index (χ0) is 37.9. The normalized spacial score (nSPS) is 21.4. The van der Waals surface area contributed by atoms with Crippen molar-refractivity contribution in [2.24, 2.45) is 11.8 Å². The van der Waals surface area contributed by atoms with Crippen molar-refractivity contribution < 1.29 is 27.6 Å². The first-order valence-electron chi connectivity index (χ1n) is 19.6. The Balaban J connectivity index is 1.03. The fourth-order valence-corrected chi connectivity index (χ4v) is 10.0. The molecule has 3 N–H and O–H groups in total. The van der Waals surface area contributed by atoms with Crippen LogP contribution in [0.15, 0.2) is 71.9 Å². The van der Waals surface area contributed by atoms with E-state index in [1.807, 2.05) is 12.1 Å². The van der Waals surface area contributed by atoms with Gasteiger partial charge < -0.3 is 19.8 Å². The summed E-state index contributed by atoms with van der Waals surface area (Å²) in [4.78, 5) is 35.1. The number of nitro groups is 1. The second-order valence-electron chi connectivity index (χ2n) is 15.4. The molecule has 2 aromatic carbocycles. The minimum atomic E-state index is -4.52. The van der Waals surface area contributed by atoms with Crippen LogP contribution < -0.4 is 14.8 Å². The van der Waals surface area contributed by atoms with Crippen LogP contribution in [0, 0.1) is 22.0 Å². The summed E-state index contributed by atoms with van der Waals surface area (Å²) in [7, 11) is -4.52. The van der Waals surface area contributed by atoms with E-state index in [4.69, 9.17) is 9.47 Å². The third kappa shape index (κ3) is 8.26. The molecule has 0 spiro atoms. The zero-order valence-corrected chi connectivity index (χ0v) is 31.7. The standard InChI is InChI=1S/C41H48N6O7S/c48-41(45-55(51,52)34-12-14-36(38(24-34)47(49)50)43-25-27-16-20-53-21-17-27)35-13-9-30(23-39(35)54-33-22-31-15-18-42-40(31)44-26-33)28-7-10-32(11-8-28)46-19-3-6-37(46)29-4-1-2-5-29/h7,9,12-15,18,22-24,26-27,29,32,37,43H,1-6,8,10-11,16-17,19-21,25H2,(H,42,44)(H,45,48). The summed E-state index contributed by atoms with van der Waals surface area (Å²) in [5, 5.41) is 15.9. The molecule has 2 atom stereocenters. The lowest BCUT2D eigenvalue weighted by Crippen LogP contribution is -2.42. The van der Waals surface area contributed by atoms with Crippen LogP contribution in [0.4, 0.5) is 11.4 Å². The van der Waals surface area contributed by atoms with Crippen molar-refractivity contribution in [1.82, 2.24) is 19.6 Å². The van der Waals surface area contributed by atoms with Gasteiger partial charge in [-0.05, 0) is 124 Å². The molecule has 2 aliphatic carbocycles. The molecular formula is C41H48N6O7S. The van der Waals surface area contributed by atoms with Crippen molar-refractivity contribution in [3.05, 3.63) is 88.2 Å². The fraction of sp³-hybridized carbons (Fsp3) is 0.463. The molecule has 4 heterocycles. The smallest absolute Gasteiger partial charge is 0.293 e. The molecule has 2 unspecified atom stereocenters. The summed E-state index contributed by atoms with van der Waals surface area (Å²) in [6.45, 7) is 2.94. The van der Waals surface area contributed by atoms with Crippen LogP contribution in [-0.2, 0) is 14.8 Å². The number of benzene rings is 2. The third-order valence-electron chi connectivity index (χ3n) is 12.0. The Morgan fingerprint density at radius 1 is 1.02 bits per heavy atom. The van der Waals surface area contributed by atoms with Crippen LogP contribution in [0.5, 0.6) is 11.5 Å². The summed E-state index contributed by atoms with van der Waals surface area (Å²) in [6.07, 6.45) is 18.2. The van der Waals surface area contributed by atoms with Crippen molar-refractivity contribution in [3.63, 3.8) is 0 Å². The monoisotopic (exact) mass is 768 g/mol. The number of nitrogens with zero attached hydrogens (tertiary/aromatic N) is 3. The maximum absolute atomic E-state index is 13.8. The SMILES string of the molecule is O=C(NS(=O)(=O)c1ccc(NCC2CCOCC2)c([N+](=O)[O-])c1)c1ccc(C2=CCC(N3CCCC3C3CCCC3)CC2)cc1Oc1cnc2[nH]ccc2c1. The molecule has 4 aliphatic rings. The zero-order valence-electron chi connectivity index (χ0n) is 30.9. The molecule has 0 radical (unpaired) electrons. The Morgan fingerprint density at radius 3 is 2.64 bits per heavy atom. The molecule has 1 saturated carbocycles. The summed E-state index contributed by atoms with van der Waals surface area (Å²) in [5.41, 5.74) is 2.55. The summed E-state index contributed by atoms with van der Waals surface area (Å²) >= 11 is 0. The van der Waals surface area contributed by atoms with Gasteiger partial charge in [0, 0.05) is 49.5 Å². The number of nitrogens with one attached hydrogen (secondary N) is 3. The van der Waals surface area contributed by atoms with Crippen molar-refractivity contribution in [3.8, 4) is 11.5 Å². The van der Waals surface area contributed by atoms with Gasteiger partial charge in [-0.1, -0.05) is 25.0 Å². The lowest BCUT2D eigenvalue weighted by molar-refractivity contribution is -0.384. The highest BCUT2D eigenvalue weighted by molar-refractivity contribution is 7.90. The molecule has 2 aromatic heterocycles. The molecule has 0 bridgehead atoms. The highest BCUT2D eigenvalue weighted by atomic mass is 32.2. The first-order chi connectivity index (χ1) is 26.7. The predicted octanol–water partition coefficient (Wildman–Crippen LogP) is 7.81. The highest BCUT2D eigenvalue weighted by Gasteiger charge is 2.37. The number of allylic oxidation sites excluding steroid dienone is 1. The summed E-state index contributed by atoms with van der Waals surface area (Å²) < 4.78 is 41.0. The first kappa shape index (κ1) is 37.1. The Kier molecular flexibility index (Phi) is 10.9. The van der Waals surface area contributed by atoms with Gasteiger partial charge in [-0.15, -0.1) is 0 Å². The first-order valence-corrected chi connectivity index (χ1v) is 21.1. The molecule has 13 nitrogen and oxygen atoms in total. The number of amides is 1. The van der Waals surface area contributed by atoms with Gasteiger partial charge in [0.15, 0.2) is 0 Å². The van der Waals surface area contributed by atoms with Crippen LogP contribution in [0.3, 0.4) is 0 Å². The molecule has 1 amide bonds. The van der Waals surface area contributed by atoms with E-state index in [1.165, 1.54) is 57.2 Å². The average Bonchev–Trinajstić information content (AvgIpc) is 4.00. The molecule has 4 aromatic rings. The number of pyridine rings is 1. The van der Waals surface area contributed by atoms with E-state index < -0.39 is 31.4 Å². The van der Waals surface area contributed by atoms with E-state index in [-0.39, 0.29) is 22.9 Å². The van der Waals surface area contributed by atoms with Crippen LogP contribution >= 0.6 is 0 Å². The molecule has 14 heteroatoms. The number of ether oxygens (including phenoxy) is 2. The van der Waals surface area contributed by atoms with Gasteiger partial charge >= 0.3 is 0 Å². The van der Waals surface area contributed by atoms with Crippen LogP contribution in [0.1, 0.15) is 86.6 Å². The minimum Gasteiger partial charge on any atom is -0.455 e. The number of hydrogen-bond donors (Lipinski definition) is 3. The highest BCUT2D eigenvalue weighted by Crippen LogP contribution is 2.40. The number of rotatable bonds is 12. The van der Waals surface area contributed by atoms with Gasteiger partial charge in [-0.3, -0.25) is 19.8 Å². The fourth-order valence-electron chi connectivity index (χ4n) is 9.02. The van der Waals surface area contributed by atoms with Gasteiger partial charge in [-0.25, -0.2) is 18.1 Å². The van der Waals surface area contributed by atoms with Crippen molar-refractivity contribution >= 4 is 43.9 Å². The van der Waals surface area contributed by atoms with Gasteiger partial charge in [0.1, 0.15) is 22.8 Å². The number of carbonyl (C=O) groups is 1. The number of hydrogen-bond acceptors (Lipinski definition) is 10. The van der Waals surface area contributed by atoms with Crippen LogP contribution in [0.2, 0.25) is 0 Å². The van der Waals surface area contributed by atoms with Gasteiger partial charge in [-0.2, -0.15) is 0 Å². The van der Waals surface area contributed by atoms with E-state index in [1.54, 1.807) is 30.6 Å². The van der Waals surface area contributed by atoms with E-state index in [0.717, 1.165) is 60.6 Å². The molecule has 8 rings (SSSR count). The number of aromatic amines is 1. The number of H-pyrrole nitrogens is 1. The van der Waals surface area contributed by atoms with E-state index in [0.29, 0.717) is 43.2 Å². The second kappa shape index (κ2) is 16.1. The van der Waals surface area contributed by atoms with Gasteiger partial charge in [0.2, 0.25) is 0 Å². The quantitative estimate of drug-likeness (QED) is 0.0955. The van der Waals surface area contributed by atoms with E-state index in [9.17, 15) is 23.3 Å². The molecule has 2 saturated heterocycles. The predicted molar refractivity (Wildman–Crippen MR) is 210 cm³/mol. The number of nitro benzene ring substituents is 1. The minimum absolute atomic E-state index is 0.00324. The lowest BCUT2D eigenvalue weighted by atomic mass is 9.87. The van der Waals surface area contributed by atoms with Gasteiger partial charge in [0.05, 0.1) is 21.6 Å². The number of sulfonamides is 1. The maximum atomic E-state index is 13.8. The second-order valence-corrected chi connectivity index (χ2v) is 17.0. The molecular weight excluding hydrogens is 721 g/mol. The number of likely N-dealkylation sites (tertiary alicyclic amines) is 1. The number of fused-ring (bicyclic) bond motifs is 1. The van der Waals surface area contributed by atoms with E-state index in [2.05, 4.69) is 31.0 Å². The van der Waals surface area contributed by atoms with Crippen molar-refractivity contribution in [1.29, 1.82) is 0 Å². The van der Waals surface area contributed by atoms with Gasteiger partial charge in [0.25, 0.3) is 21.6 Å². The Labute approximate surface area is 321 Å². The lowest BCUT2D eigenvalue weighted by Gasteiger charge is -2.37. The summed E-state index contributed by atoms with van der Waals surface area (Å²) in [6, 6.07) is 13.7. The molecule has 3 fully saturated rings. The Bertz CT molecular complexity index is 2190. The van der Waals surface area contributed by atoms with Crippen molar-refractivity contribution in [2.45, 2.75) is 87.6 Å². The molecule has 55 heavy (non-hydrogen) atoms. The van der Waals surface area contributed by atoms with Crippen LogP contribution in [-0.4, -0.2) is 72.5 Å².